The molecule has 0 radical (unpaired) electrons. The summed E-state index contributed by atoms with van der Waals surface area (Å²) in [6.45, 7) is 16.9. The molecule has 10 nitrogen and oxygen atoms in total. The summed E-state index contributed by atoms with van der Waals surface area (Å²) < 4.78 is 13.4. The summed E-state index contributed by atoms with van der Waals surface area (Å²) in [6.07, 6.45) is 3.62. The first-order valence-corrected chi connectivity index (χ1v) is 10.5. The minimum atomic E-state index is -1.09. The molecule has 0 N–H and O–H groups in total. The molecular weight excluding hydrogens is 414 g/mol. The molecule has 178 valence electrons. The molecule has 0 bridgehead atoms. The number of rotatable bonds is 9. The molecular formula is C22H35N5O5. The van der Waals surface area contributed by atoms with E-state index in [1.807, 2.05) is 0 Å². The van der Waals surface area contributed by atoms with Crippen molar-refractivity contribution in [1.29, 1.82) is 10.5 Å². The van der Waals surface area contributed by atoms with E-state index in [4.69, 9.17) is 20.0 Å². The molecule has 0 aliphatic rings. The predicted octanol–water partition coefficient (Wildman–Crippen LogP) is 2.56. The first-order chi connectivity index (χ1) is 14.3. The highest BCUT2D eigenvalue weighted by atomic mass is 16.5. The van der Waals surface area contributed by atoms with Crippen molar-refractivity contribution in [2.75, 3.05) is 0 Å². The topological polar surface area (TPSA) is 132 Å². The molecule has 1 heterocycles. The van der Waals surface area contributed by atoms with E-state index in [1.54, 1.807) is 81.7 Å². The van der Waals surface area contributed by atoms with E-state index in [9.17, 15) is 14.4 Å². The molecule has 0 aromatic carbocycles. The van der Waals surface area contributed by atoms with Gasteiger partial charge in [-0.1, -0.05) is 0 Å². The lowest BCUT2D eigenvalue weighted by molar-refractivity contribution is 0.0197. The third kappa shape index (κ3) is 5.61. The average Bonchev–Trinajstić information content (AvgIpc) is 2.50. The number of nitriles is 2. The second-order valence-electron chi connectivity index (χ2n) is 10.9. The molecule has 0 saturated heterocycles. The van der Waals surface area contributed by atoms with E-state index in [0.717, 1.165) is 13.7 Å². The Morgan fingerprint density at radius 2 is 1.03 bits per heavy atom. The average molecular weight is 450 g/mol. The van der Waals surface area contributed by atoms with Crippen molar-refractivity contribution in [3.05, 3.63) is 31.5 Å². The second-order valence-corrected chi connectivity index (χ2v) is 10.9. The zero-order chi connectivity index (χ0) is 25.3. The fourth-order valence-electron chi connectivity index (χ4n) is 4.60. The first kappa shape index (κ1) is 27.0. The summed E-state index contributed by atoms with van der Waals surface area (Å²) in [5.41, 5.74) is -6.31. The van der Waals surface area contributed by atoms with Crippen LogP contribution >= 0.6 is 0 Å². The molecule has 1 aromatic heterocycles. The Labute approximate surface area is 188 Å². The number of ether oxygens (including phenoxy) is 2. The molecule has 10 heteroatoms. The van der Waals surface area contributed by atoms with E-state index in [1.165, 1.54) is 0 Å². The SMILES string of the molecule is CC(C)n1c(=O)n(C(C)(C)CC(C)(C)OC#N)c(=O)n(C(C)(C)CC(C)(C)OC#N)c1=O. The Bertz CT molecular complexity index is 1020. The number of nitrogens with zero attached hydrogens (tertiary/aromatic N) is 5. The lowest BCUT2D eigenvalue weighted by Gasteiger charge is -2.37. The number of aromatic nitrogens is 3. The molecule has 0 aliphatic heterocycles. The quantitative estimate of drug-likeness (QED) is 0.529. The zero-order valence-corrected chi connectivity index (χ0v) is 20.8. The van der Waals surface area contributed by atoms with Crippen LogP contribution in [0.5, 0.6) is 0 Å². The van der Waals surface area contributed by atoms with Crippen LogP contribution in [0.15, 0.2) is 14.4 Å². The van der Waals surface area contributed by atoms with Crippen LogP contribution in [0.3, 0.4) is 0 Å². The van der Waals surface area contributed by atoms with Crippen molar-refractivity contribution >= 4 is 0 Å². The van der Waals surface area contributed by atoms with Crippen LogP contribution in [-0.2, 0) is 20.6 Å². The number of hydrogen-bond donors (Lipinski definition) is 0. The van der Waals surface area contributed by atoms with Gasteiger partial charge in [-0.15, -0.1) is 0 Å². The lowest BCUT2D eigenvalue weighted by Crippen LogP contribution is -2.63. The Kier molecular flexibility index (Phi) is 7.48. The summed E-state index contributed by atoms with van der Waals surface area (Å²) in [5.74, 6) is 0. The van der Waals surface area contributed by atoms with Crippen LogP contribution < -0.4 is 17.1 Å². The standard InChI is InChI=1S/C22H35N5O5/c1-15(2)25-16(28)26(19(3,4)11-21(7,8)31-13-23)18(30)27(17(25)29)20(5,6)12-22(9,10)32-14-24/h15H,11-12H2,1-10H3. The Morgan fingerprint density at radius 1 is 0.719 bits per heavy atom. The molecule has 0 saturated carbocycles. The van der Waals surface area contributed by atoms with Crippen LogP contribution in [0, 0.1) is 23.0 Å². The Morgan fingerprint density at radius 3 is 1.28 bits per heavy atom. The van der Waals surface area contributed by atoms with E-state index in [0.29, 0.717) is 0 Å². The lowest BCUT2D eigenvalue weighted by atomic mass is 9.88. The van der Waals surface area contributed by atoms with Gasteiger partial charge in [-0.05, 0) is 69.2 Å². The molecule has 0 amide bonds. The molecule has 0 spiro atoms. The molecule has 0 unspecified atom stereocenters. The Hall–Kier alpha value is -3.01. The van der Waals surface area contributed by atoms with Crippen molar-refractivity contribution in [3.63, 3.8) is 0 Å². The first-order valence-electron chi connectivity index (χ1n) is 10.5. The maximum absolute atomic E-state index is 13.7. The summed E-state index contributed by atoms with van der Waals surface area (Å²) in [4.78, 5) is 40.4. The predicted molar refractivity (Wildman–Crippen MR) is 119 cm³/mol. The fraction of sp³-hybridized carbons (Fsp3) is 0.773. The minimum Gasteiger partial charge on any atom is -0.421 e. The van der Waals surface area contributed by atoms with E-state index in [-0.39, 0.29) is 12.8 Å². The summed E-state index contributed by atoms with van der Waals surface area (Å²) in [6, 6.07) is -0.508. The van der Waals surface area contributed by atoms with E-state index >= 15 is 0 Å². The highest BCUT2D eigenvalue weighted by molar-refractivity contribution is 4.97. The molecule has 1 rings (SSSR count). The molecule has 1 aromatic rings. The third-order valence-electron chi connectivity index (χ3n) is 5.26. The van der Waals surface area contributed by atoms with Crippen molar-refractivity contribution in [2.24, 2.45) is 0 Å². The van der Waals surface area contributed by atoms with Gasteiger partial charge < -0.3 is 9.47 Å². The van der Waals surface area contributed by atoms with Crippen molar-refractivity contribution in [1.82, 2.24) is 13.7 Å². The molecule has 0 fully saturated rings. The van der Waals surface area contributed by atoms with Crippen LogP contribution in [0.1, 0.15) is 88.1 Å². The van der Waals surface area contributed by atoms with Gasteiger partial charge in [0.15, 0.2) is 0 Å². The third-order valence-corrected chi connectivity index (χ3v) is 5.26. The van der Waals surface area contributed by atoms with Gasteiger partial charge in [0.25, 0.3) is 12.5 Å². The largest absolute Gasteiger partial charge is 0.421 e. The van der Waals surface area contributed by atoms with Gasteiger partial charge in [0, 0.05) is 18.9 Å². The van der Waals surface area contributed by atoms with Crippen LogP contribution in [0.2, 0.25) is 0 Å². The van der Waals surface area contributed by atoms with Crippen LogP contribution in [0.25, 0.3) is 0 Å². The van der Waals surface area contributed by atoms with Gasteiger partial charge in [-0.3, -0.25) is 0 Å². The molecule has 32 heavy (non-hydrogen) atoms. The highest BCUT2D eigenvalue weighted by Gasteiger charge is 2.40. The summed E-state index contributed by atoms with van der Waals surface area (Å²) in [7, 11) is 0. The smallest absolute Gasteiger partial charge is 0.337 e. The fourth-order valence-corrected chi connectivity index (χ4v) is 4.60. The van der Waals surface area contributed by atoms with Crippen molar-refractivity contribution < 1.29 is 9.47 Å². The molecule has 0 atom stereocenters. The normalized spacial score (nSPS) is 12.9. The van der Waals surface area contributed by atoms with Gasteiger partial charge in [0.1, 0.15) is 11.2 Å². The summed E-state index contributed by atoms with van der Waals surface area (Å²) in [5, 5.41) is 17.9. The van der Waals surface area contributed by atoms with Gasteiger partial charge in [-0.25, -0.2) is 28.1 Å². The van der Waals surface area contributed by atoms with E-state index < -0.39 is 45.4 Å². The van der Waals surface area contributed by atoms with Gasteiger partial charge >= 0.3 is 17.1 Å². The number of hydrogen-bond acceptors (Lipinski definition) is 7. The molecule has 0 aliphatic carbocycles. The zero-order valence-electron chi connectivity index (χ0n) is 20.8. The van der Waals surface area contributed by atoms with Crippen LogP contribution in [0.4, 0.5) is 0 Å². The monoisotopic (exact) mass is 449 g/mol. The van der Waals surface area contributed by atoms with Crippen molar-refractivity contribution in [3.8, 4) is 12.5 Å². The van der Waals surface area contributed by atoms with Gasteiger partial charge in [-0.2, -0.15) is 10.5 Å². The highest BCUT2D eigenvalue weighted by Crippen LogP contribution is 2.29. The van der Waals surface area contributed by atoms with Gasteiger partial charge in [0.2, 0.25) is 0 Å². The van der Waals surface area contributed by atoms with E-state index in [2.05, 4.69) is 0 Å². The minimum absolute atomic E-state index is 0.155. The van der Waals surface area contributed by atoms with Crippen LogP contribution in [-0.4, -0.2) is 24.9 Å². The van der Waals surface area contributed by atoms with Gasteiger partial charge in [0.05, 0.1) is 11.1 Å². The second kappa shape index (κ2) is 8.85. The maximum atomic E-state index is 13.7. The maximum Gasteiger partial charge on any atom is 0.337 e. The Balaban J connectivity index is 3.96. The van der Waals surface area contributed by atoms with Crippen molar-refractivity contribution in [2.45, 2.75) is 110 Å². The summed E-state index contributed by atoms with van der Waals surface area (Å²) >= 11 is 0.